The van der Waals surface area contributed by atoms with Gasteiger partial charge in [-0.3, -0.25) is 0 Å². The minimum Gasteiger partial charge on any atom is -0.492 e. The highest BCUT2D eigenvalue weighted by Crippen LogP contribution is 2.50. The van der Waals surface area contributed by atoms with Gasteiger partial charge in [-0.15, -0.1) is 0 Å². The highest BCUT2D eigenvalue weighted by molar-refractivity contribution is 5.97. The third-order valence-corrected chi connectivity index (χ3v) is 4.76. The van der Waals surface area contributed by atoms with Gasteiger partial charge in [-0.1, -0.05) is 13.3 Å². The van der Waals surface area contributed by atoms with Crippen molar-refractivity contribution < 1.29 is 19.0 Å². The maximum atomic E-state index is 12.1. The molecule has 1 aromatic heterocycles. The highest BCUT2D eigenvalue weighted by Gasteiger charge is 2.34. The fourth-order valence-corrected chi connectivity index (χ4v) is 3.65. The Labute approximate surface area is 145 Å². The lowest BCUT2D eigenvalue weighted by Gasteiger charge is -2.33. The van der Waals surface area contributed by atoms with Gasteiger partial charge in [-0.2, -0.15) is 0 Å². The minimum absolute atomic E-state index is 0.392. The van der Waals surface area contributed by atoms with E-state index in [2.05, 4.69) is 6.92 Å². The number of rotatable bonds is 2. The van der Waals surface area contributed by atoms with Crippen molar-refractivity contribution in [3.63, 3.8) is 0 Å². The average molecular weight is 342 g/mol. The summed E-state index contributed by atoms with van der Waals surface area (Å²) in [5.74, 6) is 1.23. The van der Waals surface area contributed by atoms with Gasteiger partial charge in [0.25, 0.3) is 0 Å². The van der Waals surface area contributed by atoms with Gasteiger partial charge >= 0.3 is 5.63 Å². The van der Waals surface area contributed by atoms with Crippen LogP contribution in [0.4, 0.5) is 0 Å². The topological polar surface area (TPSA) is 68.9 Å². The molecule has 3 heterocycles. The molecule has 5 heteroatoms. The Bertz CT molecular complexity index is 935. The zero-order valence-electron chi connectivity index (χ0n) is 14.7. The molecular weight excluding hydrogens is 320 g/mol. The van der Waals surface area contributed by atoms with Gasteiger partial charge in [0.1, 0.15) is 17.1 Å². The smallest absolute Gasteiger partial charge is 0.336 e. The van der Waals surface area contributed by atoms with E-state index in [1.165, 1.54) is 6.07 Å². The van der Waals surface area contributed by atoms with Gasteiger partial charge in [0.15, 0.2) is 5.58 Å². The first-order chi connectivity index (χ1) is 11.9. The Morgan fingerprint density at radius 1 is 1.32 bits per heavy atom. The van der Waals surface area contributed by atoms with E-state index in [0.717, 1.165) is 29.4 Å². The fourth-order valence-electron chi connectivity index (χ4n) is 3.65. The SMILES string of the molecule is CCCc1cc(=O)oc2c3c(c4c(c12)OC(C)(C)C=C4)OCC[C@@H]3O. The summed E-state index contributed by atoms with van der Waals surface area (Å²) in [7, 11) is 0. The van der Waals surface area contributed by atoms with Crippen LogP contribution >= 0.6 is 0 Å². The lowest BCUT2D eigenvalue weighted by atomic mass is 9.90. The van der Waals surface area contributed by atoms with Crippen LogP contribution in [0.25, 0.3) is 17.0 Å². The molecule has 0 aliphatic carbocycles. The number of aliphatic hydroxyl groups is 1. The summed E-state index contributed by atoms with van der Waals surface area (Å²) < 4.78 is 17.7. The maximum Gasteiger partial charge on any atom is 0.336 e. The van der Waals surface area contributed by atoms with E-state index < -0.39 is 17.3 Å². The van der Waals surface area contributed by atoms with Gasteiger partial charge < -0.3 is 19.0 Å². The number of fused-ring (bicyclic) bond motifs is 6. The second kappa shape index (κ2) is 5.63. The maximum absolute atomic E-state index is 12.1. The van der Waals surface area contributed by atoms with Crippen molar-refractivity contribution in [3.8, 4) is 11.5 Å². The van der Waals surface area contributed by atoms with Crippen molar-refractivity contribution in [2.45, 2.75) is 51.7 Å². The largest absolute Gasteiger partial charge is 0.492 e. The van der Waals surface area contributed by atoms with E-state index in [4.69, 9.17) is 13.9 Å². The van der Waals surface area contributed by atoms with Crippen LogP contribution < -0.4 is 15.1 Å². The molecule has 0 saturated carbocycles. The summed E-state index contributed by atoms with van der Waals surface area (Å²) >= 11 is 0. The number of hydrogen-bond donors (Lipinski definition) is 1. The molecule has 4 rings (SSSR count). The molecule has 0 spiro atoms. The van der Waals surface area contributed by atoms with E-state index in [1.807, 2.05) is 26.0 Å². The second-order valence-corrected chi connectivity index (χ2v) is 7.22. The molecule has 2 aliphatic rings. The zero-order chi connectivity index (χ0) is 17.8. The fraction of sp³-hybridized carbons (Fsp3) is 0.450. The minimum atomic E-state index is -0.722. The zero-order valence-corrected chi connectivity index (χ0v) is 14.7. The molecule has 0 saturated heterocycles. The van der Waals surface area contributed by atoms with Gasteiger partial charge in [-0.25, -0.2) is 4.79 Å². The Morgan fingerprint density at radius 2 is 2.12 bits per heavy atom. The van der Waals surface area contributed by atoms with Crippen molar-refractivity contribution in [1.29, 1.82) is 0 Å². The van der Waals surface area contributed by atoms with E-state index in [1.54, 1.807) is 0 Å². The van der Waals surface area contributed by atoms with Gasteiger partial charge in [0, 0.05) is 12.5 Å². The third kappa shape index (κ3) is 2.54. The predicted molar refractivity (Wildman–Crippen MR) is 95.3 cm³/mol. The molecule has 2 aliphatic heterocycles. The van der Waals surface area contributed by atoms with Gasteiger partial charge in [0.2, 0.25) is 0 Å². The molecule has 0 radical (unpaired) electrons. The number of aliphatic hydroxyl groups excluding tert-OH is 1. The van der Waals surface area contributed by atoms with Crippen molar-refractivity contribution in [3.05, 3.63) is 39.3 Å². The number of hydrogen-bond acceptors (Lipinski definition) is 5. The summed E-state index contributed by atoms with van der Waals surface area (Å²) in [5, 5.41) is 11.3. The first-order valence-electron chi connectivity index (χ1n) is 8.77. The molecule has 0 fully saturated rings. The average Bonchev–Trinajstić information content (AvgIpc) is 2.53. The molecule has 1 N–H and O–H groups in total. The summed E-state index contributed by atoms with van der Waals surface area (Å²) in [6, 6.07) is 1.53. The normalized spacial score (nSPS) is 20.6. The van der Waals surface area contributed by atoms with Crippen LogP contribution in [0, 0.1) is 0 Å². The molecule has 0 amide bonds. The van der Waals surface area contributed by atoms with Gasteiger partial charge in [0.05, 0.1) is 29.2 Å². The molecule has 5 nitrogen and oxygen atoms in total. The van der Waals surface area contributed by atoms with Crippen LogP contribution in [0.3, 0.4) is 0 Å². The van der Waals surface area contributed by atoms with E-state index in [9.17, 15) is 9.90 Å². The lowest BCUT2D eigenvalue weighted by molar-refractivity contribution is 0.113. The Kier molecular flexibility index (Phi) is 3.65. The molecular formula is C20H22O5. The standard InChI is InChI=1S/C20H22O5/c1-4-5-11-10-14(22)24-19-15(11)18-12(6-8-20(2,3)25-18)17-16(19)13(21)7-9-23-17/h6,8,10,13,21H,4-5,7,9H2,1-3H3/t13-/m0/s1. The Balaban J connectivity index is 2.17. The highest BCUT2D eigenvalue weighted by atomic mass is 16.5. The molecule has 1 atom stereocenters. The number of aryl methyl sites for hydroxylation is 1. The monoisotopic (exact) mass is 342 g/mol. The first kappa shape index (κ1) is 16.2. The molecule has 132 valence electrons. The molecule has 0 bridgehead atoms. The Hall–Kier alpha value is -2.27. The van der Waals surface area contributed by atoms with Gasteiger partial charge in [-0.05, 0) is 38.0 Å². The number of benzene rings is 1. The predicted octanol–water partition coefficient (Wildman–Crippen LogP) is 3.75. The van der Waals surface area contributed by atoms with Crippen LogP contribution in [-0.4, -0.2) is 17.3 Å². The van der Waals surface area contributed by atoms with Crippen LogP contribution in [0.1, 0.15) is 56.4 Å². The van der Waals surface area contributed by atoms with Crippen molar-refractivity contribution in [1.82, 2.24) is 0 Å². The Morgan fingerprint density at radius 3 is 2.88 bits per heavy atom. The molecule has 2 aromatic rings. The van der Waals surface area contributed by atoms with Crippen LogP contribution in [0.5, 0.6) is 11.5 Å². The summed E-state index contributed by atoms with van der Waals surface area (Å²) in [5.41, 5.74) is 1.76. The van der Waals surface area contributed by atoms with E-state index >= 15 is 0 Å². The van der Waals surface area contributed by atoms with Crippen LogP contribution in [0.15, 0.2) is 21.4 Å². The quantitative estimate of drug-likeness (QED) is 0.842. The van der Waals surface area contributed by atoms with E-state index in [0.29, 0.717) is 35.7 Å². The van der Waals surface area contributed by atoms with Crippen LogP contribution in [0.2, 0.25) is 0 Å². The van der Waals surface area contributed by atoms with Crippen molar-refractivity contribution >= 4 is 17.0 Å². The molecule has 1 aromatic carbocycles. The van der Waals surface area contributed by atoms with Crippen molar-refractivity contribution in [2.24, 2.45) is 0 Å². The molecule has 0 unspecified atom stereocenters. The first-order valence-corrected chi connectivity index (χ1v) is 8.77. The number of ether oxygens (including phenoxy) is 2. The third-order valence-electron chi connectivity index (χ3n) is 4.76. The van der Waals surface area contributed by atoms with E-state index in [-0.39, 0.29) is 0 Å². The van der Waals surface area contributed by atoms with Crippen LogP contribution in [-0.2, 0) is 6.42 Å². The molecule has 25 heavy (non-hydrogen) atoms. The lowest BCUT2D eigenvalue weighted by Crippen LogP contribution is -2.29. The van der Waals surface area contributed by atoms with Crippen molar-refractivity contribution in [2.75, 3.05) is 6.61 Å². The second-order valence-electron chi connectivity index (χ2n) is 7.22. The summed E-state index contributed by atoms with van der Waals surface area (Å²) in [6.07, 6.45) is 5.33. The summed E-state index contributed by atoms with van der Waals surface area (Å²) in [4.78, 5) is 12.1. The summed E-state index contributed by atoms with van der Waals surface area (Å²) in [6.45, 7) is 6.44.